The van der Waals surface area contributed by atoms with E-state index in [1.807, 2.05) is 30.0 Å². The summed E-state index contributed by atoms with van der Waals surface area (Å²) in [6.07, 6.45) is 0. The van der Waals surface area contributed by atoms with Crippen molar-refractivity contribution in [2.75, 3.05) is 33.2 Å². The molecule has 1 aliphatic rings. The van der Waals surface area contributed by atoms with Crippen molar-refractivity contribution in [2.24, 2.45) is 5.73 Å². The second-order valence-corrected chi connectivity index (χ2v) is 5.56. The van der Waals surface area contributed by atoms with Crippen molar-refractivity contribution >= 4 is 5.91 Å². The summed E-state index contributed by atoms with van der Waals surface area (Å²) in [6.45, 7) is 6.89. The summed E-state index contributed by atoms with van der Waals surface area (Å²) < 4.78 is 0. The molecule has 1 heterocycles. The average molecular weight is 285 g/mol. The molecule has 21 heavy (non-hydrogen) atoms. The molecule has 2 rings (SSSR count). The van der Waals surface area contributed by atoms with Crippen LogP contribution in [0.25, 0.3) is 0 Å². The van der Waals surface area contributed by atoms with Gasteiger partial charge in [-0.25, -0.2) is 0 Å². The number of carbonyl (C=O) groups excluding carboxylic acids is 1. The lowest BCUT2D eigenvalue weighted by atomic mass is 10.0. The van der Waals surface area contributed by atoms with Crippen molar-refractivity contribution in [3.63, 3.8) is 0 Å². The Morgan fingerprint density at radius 3 is 2.86 bits per heavy atom. The molecule has 1 fully saturated rings. The molecule has 1 atom stereocenters. The molecule has 112 valence electrons. The van der Waals surface area contributed by atoms with Gasteiger partial charge in [0.1, 0.15) is 0 Å². The number of likely N-dealkylation sites (N-methyl/N-ethyl adjacent to an activating group) is 1. The molecular formula is C17H23N3O. The second-order valence-electron chi connectivity index (χ2n) is 5.56. The number of rotatable bonds is 1. The van der Waals surface area contributed by atoms with Crippen LogP contribution >= 0.6 is 0 Å². The predicted molar refractivity (Wildman–Crippen MR) is 85.1 cm³/mol. The lowest BCUT2D eigenvalue weighted by molar-refractivity contribution is 0.0571. The zero-order valence-corrected chi connectivity index (χ0v) is 13.0. The van der Waals surface area contributed by atoms with Gasteiger partial charge >= 0.3 is 0 Å². The van der Waals surface area contributed by atoms with Gasteiger partial charge in [0.15, 0.2) is 0 Å². The Morgan fingerprint density at radius 1 is 1.43 bits per heavy atom. The van der Waals surface area contributed by atoms with Crippen LogP contribution in [-0.4, -0.2) is 55.0 Å². The number of nitrogens with zero attached hydrogens (tertiary/aromatic N) is 2. The Hall–Kier alpha value is -1.83. The van der Waals surface area contributed by atoms with Crippen LogP contribution in [0.15, 0.2) is 18.2 Å². The largest absolute Gasteiger partial charge is 0.336 e. The molecule has 0 saturated carbocycles. The fraction of sp³-hybridized carbons (Fsp3) is 0.471. The van der Waals surface area contributed by atoms with E-state index in [0.717, 1.165) is 36.3 Å². The quantitative estimate of drug-likeness (QED) is 0.786. The lowest BCUT2D eigenvalue weighted by Gasteiger charge is -2.37. The van der Waals surface area contributed by atoms with Crippen molar-refractivity contribution in [3.05, 3.63) is 34.9 Å². The van der Waals surface area contributed by atoms with Crippen LogP contribution < -0.4 is 5.73 Å². The Bertz CT molecular complexity index is 585. The predicted octanol–water partition coefficient (Wildman–Crippen LogP) is 1.08. The van der Waals surface area contributed by atoms with Crippen LogP contribution in [0.1, 0.15) is 28.4 Å². The van der Waals surface area contributed by atoms with Gasteiger partial charge in [-0.2, -0.15) is 0 Å². The average Bonchev–Trinajstić information content (AvgIpc) is 2.48. The molecule has 0 spiro atoms. The zero-order valence-electron chi connectivity index (χ0n) is 13.0. The third-order valence-corrected chi connectivity index (χ3v) is 4.14. The van der Waals surface area contributed by atoms with Gasteiger partial charge in [0.2, 0.25) is 0 Å². The Labute approximate surface area is 126 Å². The van der Waals surface area contributed by atoms with Gasteiger partial charge in [-0.15, -0.1) is 0 Å². The monoisotopic (exact) mass is 285 g/mol. The molecular weight excluding hydrogens is 262 g/mol. The summed E-state index contributed by atoms with van der Waals surface area (Å²) in [4.78, 5) is 16.9. The first kappa shape index (κ1) is 15.6. The second kappa shape index (κ2) is 6.75. The SMILES string of the molecule is Cc1c(C#CCN)cccc1C(=O)N1CCN(C)C(C)C1. The number of carbonyl (C=O) groups is 1. The highest BCUT2D eigenvalue weighted by atomic mass is 16.2. The maximum absolute atomic E-state index is 12.7. The van der Waals surface area contributed by atoms with E-state index in [1.165, 1.54) is 0 Å². The summed E-state index contributed by atoms with van der Waals surface area (Å²) in [6, 6.07) is 6.10. The molecule has 1 aromatic rings. The molecule has 2 N–H and O–H groups in total. The van der Waals surface area contributed by atoms with Crippen LogP contribution in [0.5, 0.6) is 0 Å². The van der Waals surface area contributed by atoms with Gasteiger partial charge in [-0.1, -0.05) is 17.9 Å². The molecule has 0 aromatic heterocycles. The first-order chi connectivity index (χ1) is 10.0. The minimum atomic E-state index is 0.101. The van der Waals surface area contributed by atoms with E-state index in [2.05, 4.69) is 30.7 Å². The van der Waals surface area contributed by atoms with E-state index in [4.69, 9.17) is 5.73 Å². The maximum atomic E-state index is 12.7. The van der Waals surface area contributed by atoms with Crippen LogP contribution in [0.2, 0.25) is 0 Å². The summed E-state index contributed by atoms with van der Waals surface area (Å²) in [5.74, 6) is 5.98. The molecule has 4 nitrogen and oxygen atoms in total. The number of piperazine rings is 1. The summed E-state index contributed by atoms with van der Waals surface area (Å²) in [7, 11) is 2.10. The van der Waals surface area contributed by atoms with E-state index in [1.54, 1.807) is 0 Å². The van der Waals surface area contributed by atoms with E-state index < -0.39 is 0 Å². The molecule has 4 heteroatoms. The van der Waals surface area contributed by atoms with E-state index >= 15 is 0 Å². The van der Waals surface area contributed by atoms with Crippen molar-refractivity contribution in [1.82, 2.24) is 9.80 Å². The van der Waals surface area contributed by atoms with Crippen LogP contribution in [0.3, 0.4) is 0 Å². The molecule has 0 bridgehead atoms. The maximum Gasteiger partial charge on any atom is 0.254 e. The summed E-state index contributed by atoms with van der Waals surface area (Å²) in [5.41, 5.74) is 7.98. The molecule has 0 radical (unpaired) electrons. The van der Waals surface area contributed by atoms with Crippen molar-refractivity contribution < 1.29 is 4.79 Å². The van der Waals surface area contributed by atoms with Crippen molar-refractivity contribution in [2.45, 2.75) is 19.9 Å². The Balaban J connectivity index is 2.23. The number of benzene rings is 1. The summed E-state index contributed by atoms with van der Waals surface area (Å²) in [5, 5.41) is 0. The highest BCUT2D eigenvalue weighted by molar-refractivity contribution is 5.96. The minimum absolute atomic E-state index is 0.101. The smallest absolute Gasteiger partial charge is 0.254 e. The minimum Gasteiger partial charge on any atom is -0.336 e. The number of hydrogen-bond acceptors (Lipinski definition) is 3. The third-order valence-electron chi connectivity index (χ3n) is 4.14. The molecule has 1 aromatic carbocycles. The highest BCUT2D eigenvalue weighted by Gasteiger charge is 2.26. The Kier molecular flexibility index (Phi) is 5.00. The van der Waals surface area contributed by atoms with Gasteiger partial charge in [-0.05, 0) is 38.6 Å². The Morgan fingerprint density at radius 2 is 2.19 bits per heavy atom. The summed E-state index contributed by atoms with van der Waals surface area (Å²) >= 11 is 0. The number of hydrogen-bond donors (Lipinski definition) is 1. The van der Waals surface area contributed by atoms with Crippen LogP contribution in [0.4, 0.5) is 0 Å². The van der Waals surface area contributed by atoms with Gasteiger partial charge in [-0.3, -0.25) is 4.79 Å². The fourth-order valence-electron chi connectivity index (χ4n) is 2.55. The van der Waals surface area contributed by atoms with Crippen molar-refractivity contribution in [1.29, 1.82) is 0 Å². The third kappa shape index (κ3) is 3.44. The molecule has 1 saturated heterocycles. The van der Waals surface area contributed by atoms with E-state index in [-0.39, 0.29) is 5.91 Å². The highest BCUT2D eigenvalue weighted by Crippen LogP contribution is 2.17. The van der Waals surface area contributed by atoms with Gasteiger partial charge in [0, 0.05) is 36.8 Å². The van der Waals surface area contributed by atoms with Gasteiger partial charge in [0.05, 0.1) is 6.54 Å². The molecule has 1 unspecified atom stereocenters. The lowest BCUT2D eigenvalue weighted by Crippen LogP contribution is -2.52. The van der Waals surface area contributed by atoms with Crippen LogP contribution in [-0.2, 0) is 0 Å². The molecule has 1 amide bonds. The fourth-order valence-corrected chi connectivity index (χ4v) is 2.55. The van der Waals surface area contributed by atoms with E-state index in [0.29, 0.717) is 12.6 Å². The first-order valence-corrected chi connectivity index (χ1v) is 7.32. The van der Waals surface area contributed by atoms with Crippen molar-refractivity contribution in [3.8, 4) is 11.8 Å². The number of nitrogens with two attached hydrogens (primary N) is 1. The zero-order chi connectivity index (χ0) is 15.4. The normalized spacial score (nSPS) is 19.0. The number of amides is 1. The standard InChI is InChI=1S/C17H23N3O/c1-13-12-20(11-10-19(13)3)17(21)16-8-4-6-15(14(16)2)7-5-9-18/h4,6,8,13H,9-12,18H2,1-3H3. The topological polar surface area (TPSA) is 49.6 Å². The first-order valence-electron chi connectivity index (χ1n) is 7.32. The molecule has 0 aliphatic carbocycles. The molecule has 1 aliphatic heterocycles. The van der Waals surface area contributed by atoms with Gasteiger partial charge < -0.3 is 15.5 Å². The van der Waals surface area contributed by atoms with Gasteiger partial charge in [0.25, 0.3) is 5.91 Å². The van der Waals surface area contributed by atoms with E-state index in [9.17, 15) is 4.79 Å². The van der Waals surface area contributed by atoms with Crippen LogP contribution in [0, 0.1) is 18.8 Å².